The van der Waals surface area contributed by atoms with Gasteiger partial charge in [-0.05, 0) is 12.8 Å². The molecule has 0 unspecified atom stereocenters. The summed E-state index contributed by atoms with van der Waals surface area (Å²) in [4.78, 5) is 5.07. The van der Waals surface area contributed by atoms with E-state index in [2.05, 4.69) is 9.71 Å². The van der Waals surface area contributed by atoms with Gasteiger partial charge in [-0.15, -0.1) is 11.3 Å². The smallest absolute Gasteiger partial charge is 0.234 e. The Morgan fingerprint density at radius 1 is 1.50 bits per heavy atom. The molecule has 6 heteroatoms. The Bertz CT molecular complexity index is 384. The fraction of sp³-hybridized carbons (Fsp3) is 0.625. The minimum absolute atomic E-state index is 0.147. The first-order valence-electron chi connectivity index (χ1n) is 4.52. The minimum atomic E-state index is -3.18. The Hall–Kier alpha value is -0.620. The Kier molecular flexibility index (Phi) is 3.88. The van der Waals surface area contributed by atoms with Crippen molar-refractivity contribution in [1.29, 1.82) is 0 Å². The van der Waals surface area contributed by atoms with Gasteiger partial charge in [0.1, 0.15) is 0 Å². The molecule has 14 heavy (non-hydrogen) atoms. The van der Waals surface area contributed by atoms with Crippen LogP contribution in [0.25, 0.3) is 0 Å². The lowest BCUT2D eigenvalue weighted by atomic mass is 10.4. The van der Waals surface area contributed by atoms with Crippen LogP contribution in [0.2, 0.25) is 0 Å². The number of nitrogens with one attached hydrogen (secondary N) is 1. The summed E-state index contributed by atoms with van der Waals surface area (Å²) in [5.74, 6) is 0.147. The van der Waals surface area contributed by atoms with Gasteiger partial charge in [-0.3, -0.25) is 4.72 Å². The van der Waals surface area contributed by atoms with E-state index in [0.717, 1.165) is 11.3 Å². The van der Waals surface area contributed by atoms with Crippen LogP contribution in [0.4, 0.5) is 5.13 Å². The number of nitrogens with zero attached hydrogens (tertiary/aromatic N) is 1. The van der Waals surface area contributed by atoms with Crippen LogP contribution in [0, 0.1) is 0 Å². The van der Waals surface area contributed by atoms with Gasteiger partial charge in [0.15, 0.2) is 5.13 Å². The van der Waals surface area contributed by atoms with E-state index in [4.69, 9.17) is 0 Å². The molecular weight excluding hydrogens is 220 g/mol. The maximum Gasteiger partial charge on any atom is 0.234 e. The van der Waals surface area contributed by atoms with Crippen LogP contribution in [0.3, 0.4) is 0 Å². The van der Waals surface area contributed by atoms with Gasteiger partial charge < -0.3 is 0 Å². The summed E-state index contributed by atoms with van der Waals surface area (Å²) >= 11 is 1.38. The molecular formula is C8H14N2O2S2. The second kappa shape index (κ2) is 4.75. The van der Waals surface area contributed by atoms with Gasteiger partial charge in [0, 0.05) is 11.1 Å². The van der Waals surface area contributed by atoms with Crippen molar-refractivity contribution in [3.63, 3.8) is 0 Å². The third kappa shape index (κ3) is 3.26. The van der Waals surface area contributed by atoms with Crippen molar-refractivity contribution in [2.45, 2.75) is 26.7 Å². The molecule has 0 fully saturated rings. The first-order valence-corrected chi connectivity index (χ1v) is 6.99. The summed E-state index contributed by atoms with van der Waals surface area (Å²) in [6.45, 7) is 3.84. The molecule has 0 aromatic carbocycles. The van der Waals surface area contributed by atoms with E-state index in [-0.39, 0.29) is 5.75 Å². The van der Waals surface area contributed by atoms with Gasteiger partial charge in [-0.25, -0.2) is 13.4 Å². The fourth-order valence-electron chi connectivity index (χ4n) is 0.971. The first kappa shape index (κ1) is 11.5. The molecule has 0 spiro atoms. The van der Waals surface area contributed by atoms with Crippen molar-refractivity contribution in [3.8, 4) is 0 Å². The van der Waals surface area contributed by atoms with Crippen LogP contribution in [0.15, 0.2) is 6.20 Å². The average Bonchev–Trinajstić information content (AvgIpc) is 2.51. The average molecular weight is 234 g/mol. The van der Waals surface area contributed by atoms with Crippen LogP contribution >= 0.6 is 11.3 Å². The van der Waals surface area contributed by atoms with Crippen LogP contribution in [-0.2, 0) is 16.4 Å². The maximum absolute atomic E-state index is 11.4. The highest BCUT2D eigenvalue weighted by Crippen LogP contribution is 2.19. The van der Waals surface area contributed by atoms with Gasteiger partial charge in [0.2, 0.25) is 10.0 Å². The third-order valence-corrected chi connectivity index (χ3v) is 4.25. The highest BCUT2D eigenvalue weighted by Gasteiger charge is 2.10. The largest absolute Gasteiger partial charge is 0.259 e. The summed E-state index contributed by atoms with van der Waals surface area (Å²) in [5, 5.41) is 0.468. The summed E-state index contributed by atoms with van der Waals surface area (Å²) in [6, 6.07) is 0. The highest BCUT2D eigenvalue weighted by molar-refractivity contribution is 7.92. The van der Waals surface area contributed by atoms with Gasteiger partial charge >= 0.3 is 0 Å². The first-order chi connectivity index (χ1) is 6.57. The lowest BCUT2D eigenvalue weighted by Crippen LogP contribution is -2.15. The number of hydrogen-bond acceptors (Lipinski definition) is 4. The van der Waals surface area contributed by atoms with Crippen LogP contribution < -0.4 is 4.72 Å². The predicted octanol–water partition coefficient (Wildman–Crippen LogP) is 1.86. The van der Waals surface area contributed by atoms with E-state index in [0.29, 0.717) is 11.6 Å². The number of aromatic nitrogens is 1. The Labute approximate surface area is 88.4 Å². The molecule has 1 N–H and O–H groups in total. The summed E-state index contributed by atoms with van der Waals surface area (Å²) in [7, 11) is -3.18. The topological polar surface area (TPSA) is 59.1 Å². The zero-order valence-electron chi connectivity index (χ0n) is 8.28. The maximum atomic E-state index is 11.4. The Morgan fingerprint density at radius 3 is 2.71 bits per heavy atom. The normalized spacial score (nSPS) is 11.6. The lowest BCUT2D eigenvalue weighted by Gasteiger charge is -2.01. The van der Waals surface area contributed by atoms with E-state index >= 15 is 0 Å². The van der Waals surface area contributed by atoms with Crippen molar-refractivity contribution in [2.24, 2.45) is 0 Å². The van der Waals surface area contributed by atoms with Crippen LogP contribution in [0.5, 0.6) is 0 Å². The van der Waals surface area contributed by atoms with Gasteiger partial charge in [0.25, 0.3) is 0 Å². The predicted molar refractivity (Wildman–Crippen MR) is 59.2 cm³/mol. The molecule has 1 aromatic rings. The van der Waals surface area contributed by atoms with Crippen molar-refractivity contribution in [3.05, 3.63) is 11.1 Å². The lowest BCUT2D eigenvalue weighted by molar-refractivity contribution is 0.600. The quantitative estimate of drug-likeness (QED) is 0.846. The van der Waals surface area contributed by atoms with Gasteiger partial charge in [0.05, 0.1) is 5.75 Å². The molecule has 0 bridgehead atoms. The van der Waals surface area contributed by atoms with Crippen molar-refractivity contribution >= 4 is 26.5 Å². The van der Waals surface area contributed by atoms with E-state index in [1.807, 2.05) is 13.8 Å². The zero-order valence-corrected chi connectivity index (χ0v) is 9.91. The molecule has 1 aromatic heterocycles. The molecule has 1 heterocycles. The number of rotatable bonds is 5. The Balaban J connectivity index is 2.69. The fourth-order valence-corrected chi connectivity index (χ4v) is 3.08. The number of anilines is 1. The highest BCUT2D eigenvalue weighted by atomic mass is 32.2. The number of sulfonamides is 1. The number of aryl methyl sites for hydroxylation is 1. The second-order valence-corrected chi connectivity index (χ2v) is 5.86. The molecule has 80 valence electrons. The van der Waals surface area contributed by atoms with E-state index in [1.54, 1.807) is 6.20 Å². The molecule has 0 saturated heterocycles. The molecule has 0 amide bonds. The monoisotopic (exact) mass is 234 g/mol. The summed E-state index contributed by atoms with van der Waals surface area (Å²) in [6.07, 6.45) is 3.20. The molecule has 0 atom stereocenters. The molecule has 0 aliphatic heterocycles. The van der Waals surface area contributed by atoms with Crippen molar-refractivity contribution in [2.75, 3.05) is 10.5 Å². The summed E-state index contributed by atoms with van der Waals surface area (Å²) < 4.78 is 25.2. The second-order valence-electron chi connectivity index (χ2n) is 2.91. The van der Waals surface area contributed by atoms with Crippen molar-refractivity contribution < 1.29 is 8.42 Å². The molecule has 0 aliphatic rings. The van der Waals surface area contributed by atoms with Crippen LogP contribution in [-0.4, -0.2) is 19.2 Å². The molecule has 4 nitrogen and oxygen atoms in total. The summed E-state index contributed by atoms with van der Waals surface area (Å²) in [5.41, 5.74) is 0. The molecule has 0 radical (unpaired) electrons. The Morgan fingerprint density at radius 2 is 2.21 bits per heavy atom. The van der Waals surface area contributed by atoms with Crippen LogP contribution in [0.1, 0.15) is 25.1 Å². The molecule has 0 saturated carbocycles. The molecule has 0 aliphatic carbocycles. The number of hydrogen-bond donors (Lipinski definition) is 1. The van der Waals surface area contributed by atoms with Gasteiger partial charge in [-0.2, -0.15) is 0 Å². The number of thiazole rings is 1. The zero-order chi connectivity index (χ0) is 10.6. The molecule has 1 rings (SSSR count). The van der Waals surface area contributed by atoms with Crippen molar-refractivity contribution in [1.82, 2.24) is 4.98 Å². The van der Waals surface area contributed by atoms with E-state index < -0.39 is 10.0 Å². The third-order valence-electron chi connectivity index (χ3n) is 1.62. The van der Waals surface area contributed by atoms with Gasteiger partial charge in [-0.1, -0.05) is 13.8 Å². The SMILES string of the molecule is CCCS(=O)(=O)Nc1ncc(CC)s1. The minimum Gasteiger partial charge on any atom is -0.259 e. The van der Waals surface area contributed by atoms with E-state index in [1.165, 1.54) is 11.3 Å². The van der Waals surface area contributed by atoms with E-state index in [9.17, 15) is 8.42 Å². The standard InChI is InChI=1S/C8H14N2O2S2/c1-3-5-14(11,12)10-8-9-6-7(4-2)13-8/h6H,3-5H2,1-2H3,(H,9,10).